The molecule has 0 radical (unpaired) electrons. The van der Waals surface area contributed by atoms with Crippen molar-refractivity contribution in [3.63, 3.8) is 0 Å². The average Bonchev–Trinajstić information content (AvgIpc) is 3.03. The lowest BCUT2D eigenvalue weighted by Gasteiger charge is -2.07. The molecule has 0 unspecified atom stereocenters. The number of aliphatic hydroxyl groups excluding tert-OH is 1. The first-order chi connectivity index (χ1) is 14.4. The predicted molar refractivity (Wildman–Crippen MR) is 117 cm³/mol. The van der Waals surface area contributed by atoms with Crippen molar-refractivity contribution >= 4 is 22.8 Å². The molecule has 0 aliphatic carbocycles. The van der Waals surface area contributed by atoms with Crippen molar-refractivity contribution < 1.29 is 24.5 Å². The van der Waals surface area contributed by atoms with Gasteiger partial charge in [0.25, 0.3) is 5.91 Å². The summed E-state index contributed by atoms with van der Waals surface area (Å²) in [5.41, 5.74) is 3.06. The first-order valence-electron chi connectivity index (χ1n) is 9.98. The molecule has 0 saturated heterocycles. The molecule has 0 aliphatic heterocycles. The molecule has 6 nitrogen and oxygen atoms in total. The van der Waals surface area contributed by atoms with Crippen LogP contribution in [0.3, 0.4) is 0 Å². The average molecular weight is 411 g/mol. The molecular formula is C24H29NO5. The van der Waals surface area contributed by atoms with Gasteiger partial charge in [0.15, 0.2) is 0 Å². The van der Waals surface area contributed by atoms with Crippen LogP contribution in [0.4, 0.5) is 0 Å². The molecule has 3 rings (SSSR count). The summed E-state index contributed by atoms with van der Waals surface area (Å²) in [6, 6.07) is 14.1. The van der Waals surface area contributed by atoms with Crippen LogP contribution < -0.4 is 0 Å². The fourth-order valence-corrected chi connectivity index (χ4v) is 3.26. The molecule has 0 fully saturated rings. The van der Waals surface area contributed by atoms with Gasteiger partial charge in [0.05, 0.1) is 18.5 Å². The van der Waals surface area contributed by atoms with Crippen LogP contribution in [0.2, 0.25) is 0 Å². The lowest BCUT2D eigenvalue weighted by molar-refractivity contribution is -0.136. The van der Waals surface area contributed by atoms with Gasteiger partial charge in [-0.3, -0.25) is 14.2 Å². The van der Waals surface area contributed by atoms with Crippen molar-refractivity contribution in [3.05, 3.63) is 70.9 Å². The number of unbranched alkanes of at least 4 members (excludes halogenated alkanes) is 1. The topological polar surface area (TPSA) is 88.8 Å². The molecule has 1 aromatic heterocycles. The summed E-state index contributed by atoms with van der Waals surface area (Å²) in [5, 5.41) is 19.2. The highest BCUT2D eigenvalue weighted by Crippen LogP contribution is 2.28. The highest BCUT2D eigenvalue weighted by Gasteiger charge is 2.21. The molecule has 2 aromatic carbocycles. The smallest absolute Gasteiger partial charge is 0.307 e. The second-order valence-electron chi connectivity index (χ2n) is 7.00. The van der Waals surface area contributed by atoms with E-state index in [0.717, 1.165) is 6.61 Å². The van der Waals surface area contributed by atoms with E-state index in [9.17, 15) is 19.8 Å². The van der Waals surface area contributed by atoms with Crippen LogP contribution in [-0.2, 0) is 22.6 Å². The number of carboxylic acid groups (broad SMARTS) is 1. The van der Waals surface area contributed by atoms with Crippen LogP contribution in [0.15, 0.2) is 48.5 Å². The summed E-state index contributed by atoms with van der Waals surface area (Å²) in [6.07, 6.45) is 2.25. The molecule has 0 saturated carbocycles. The second kappa shape index (κ2) is 11.3. The number of aliphatic carboxylic acids is 1. The van der Waals surface area contributed by atoms with E-state index in [1.54, 1.807) is 61.1 Å². The standard InChI is InChI=1S/C19H17NO4.C5H12O/c1-12-15(10-18(22)23)16-9-13(11-21)7-8-17(16)20(12)19(24)14-5-3-2-4-6-14;1-3-4-5-6-2/h2-9,21H,10-11H2,1H3,(H,22,23);3-5H2,1-2H3. The highest BCUT2D eigenvalue weighted by atomic mass is 16.5. The molecule has 2 N–H and O–H groups in total. The third kappa shape index (κ3) is 5.55. The number of rotatable bonds is 7. The molecule has 1 heterocycles. The minimum atomic E-state index is -0.960. The van der Waals surface area contributed by atoms with Crippen molar-refractivity contribution in [2.75, 3.05) is 13.7 Å². The Morgan fingerprint density at radius 1 is 1.10 bits per heavy atom. The Morgan fingerprint density at radius 3 is 2.33 bits per heavy atom. The quantitative estimate of drug-likeness (QED) is 0.569. The normalized spacial score (nSPS) is 10.5. The largest absolute Gasteiger partial charge is 0.481 e. The number of hydrogen-bond acceptors (Lipinski definition) is 4. The minimum absolute atomic E-state index is 0.140. The second-order valence-corrected chi connectivity index (χ2v) is 7.00. The predicted octanol–water partition coefficient (Wildman–Crippen LogP) is 4.19. The lowest BCUT2D eigenvalue weighted by atomic mass is 10.1. The first kappa shape index (κ1) is 23.3. The maximum atomic E-state index is 12.9. The molecule has 0 spiro atoms. The van der Waals surface area contributed by atoms with Gasteiger partial charge in [0.2, 0.25) is 0 Å². The molecule has 6 heteroatoms. The van der Waals surface area contributed by atoms with E-state index in [2.05, 4.69) is 6.92 Å². The summed E-state index contributed by atoms with van der Waals surface area (Å²) < 4.78 is 6.33. The maximum absolute atomic E-state index is 12.9. The number of ether oxygens (including phenoxy) is 1. The number of benzene rings is 2. The van der Waals surface area contributed by atoms with E-state index in [-0.39, 0.29) is 18.9 Å². The van der Waals surface area contributed by atoms with Crippen LogP contribution in [0.5, 0.6) is 0 Å². The number of fused-ring (bicyclic) bond motifs is 1. The van der Waals surface area contributed by atoms with E-state index < -0.39 is 5.97 Å². The molecule has 160 valence electrons. The van der Waals surface area contributed by atoms with Crippen molar-refractivity contribution in [1.29, 1.82) is 0 Å². The Hall–Kier alpha value is -2.96. The van der Waals surface area contributed by atoms with Crippen LogP contribution in [0.25, 0.3) is 10.9 Å². The molecule has 0 bridgehead atoms. The van der Waals surface area contributed by atoms with E-state index in [1.807, 2.05) is 6.07 Å². The van der Waals surface area contributed by atoms with Gasteiger partial charge in [-0.25, -0.2) is 0 Å². The van der Waals surface area contributed by atoms with Crippen molar-refractivity contribution in [3.8, 4) is 0 Å². The van der Waals surface area contributed by atoms with Gasteiger partial charge in [0.1, 0.15) is 0 Å². The van der Waals surface area contributed by atoms with E-state index in [4.69, 9.17) is 4.74 Å². The molecule has 30 heavy (non-hydrogen) atoms. The summed E-state index contributed by atoms with van der Waals surface area (Å²) in [4.78, 5) is 24.1. The summed E-state index contributed by atoms with van der Waals surface area (Å²) >= 11 is 0. The number of aliphatic hydroxyl groups is 1. The Balaban J connectivity index is 0.000000469. The SMILES string of the molecule is CCCCOC.Cc1c(CC(=O)O)c2cc(CO)ccc2n1C(=O)c1ccccc1. The van der Waals surface area contributed by atoms with Crippen molar-refractivity contribution in [2.45, 2.75) is 39.7 Å². The zero-order valence-corrected chi connectivity index (χ0v) is 17.7. The Morgan fingerprint density at radius 2 is 1.80 bits per heavy atom. The molecule has 0 aliphatic rings. The summed E-state index contributed by atoms with van der Waals surface area (Å²) in [5.74, 6) is -1.16. The number of methoxy groups -OCH3 is 1. The van der Waals surface area contributed by atoms with Gasteiger partial charge < -0.3 is 14.9 Å². The van der Waals surface area contributed by atoms with Gasteiger partial charge in [0, 0.05) is 30.4 Å². The van der Waals surface area contributed by atoms with Crippen LogP contribution in [0.1, 0.15) is 46.9 Å². The number of carboxylic acids is 1. The monoisotopic (exact) mass is 411 g/mol. The number of hydrogen-bond donors (Lipinski definition) is 2. The van der Waals surface area contributed by atoms with Gasteiger partial charge >= 0.3 is 5.97 Å². The highest BCUT2D eigenvalue weighted by molar-refractivity contribution is 6.04. The number of aromatic nitrogens is 1. The van der Waals surface area contributed by atoms with E-state index >= 15 is 0 Å². The molecule has 3 aromatic rings. The van der Waals surface area contributed by atoms with Crippen LogP contribution in [-0.4, -0.2) is 40.4 Å². The third-order valence-corrected chi connectivity index (χ3v) is 4.84. The fourth-order valence-electron chi connectivity index (χ4n) is 3.26. The van der Waals surface area contributed by atoms with E-state index in [0.29, 0.717) is 33.3 Å². The summed E-state index contributed by atoms with van der Waals surface area (Å²) in [7, 11) is 1.73. The lowest BCUT2D eigenvalue weighted by Crippen LogP contribution is -2.14. The zero-order valence-electron chi connectivity index (χ0n) is 17.7. The van der Waals surface area contributed by atoms with Crippen LogP contribution >= 0.6 is 0 Å². The van der Waals surface area contributed by atoms with Gasteiger partial charge in [-0.15, -0.1) is 0 Å². The van der Waals surface area contributed by atoms with E-state index in [1.165, 1.54) is 12.8 Å². The molecule has 0 atom stereocenters. The third-order valence-electron chi connectivity index (χ3n) is 4.84. The Kier molecular flexibility index (Phi) is 8.77. The maximum Gasteiger partial charge on any atom is 0.307 e. The summed E-state index contributed by atoms with van der Waals surface area (Å²) in [6.45, 7) is 4.67. The van der Waals surface area contributed by atoms with Crippen molar-refractivity contribution in [1.82, 2.24) is 4.57 Å². The number of carbonyl (C=O) groups excluding carboxylic acids is 1. The van der Waals surface area contributed by atoms with Gasteiger partial charge in [-0.05, 0) is 48.7 Å². The fraction of sp³-hybridized carbons (Fsp3) is 0.333. The molecular weight excluding hydrogens is 382 g/mol. The number of carbonyl (C=O) groups is 2. The van der Waals surface area contributed by atoms with Gasteiger partial charge in [-0.1, -0.05) is 37.6 Å². The minimum Gasteiger partial charge on any atom is -0.481 e. The Labute approximate surface area is 176 Å². The van der Waals surface area contributed by atoms with Crippen LogP contribution in [0, 0.1) is 6.92 Å². The first-order valence-corrected chi connectivity index (χ1v) is 9.98. The zero-order chi connectivity index (χ0) is 22.1. The van der Waals surface area contributed by atoms with Gasteiger partial charge in [-0.2, -0.15) is 0 Å². The van der Waals surface area contributed by atoms with Crippen molar-refractivity contribution in [2.24, 2.45) is 0 Å². The number of nitrogens with zero attached hydrogens (tertiary/aromatic N) is 1. The molecule has 0 amide bonds. The Bertz CT molecular complexity index is 988.